The van der Waals surface area contributed by atoms with Crippen molar-refractivity contribution in [1.29, 1.82) is 0 Å². The van der Waals surface area contributed by atoms with Crippen LogP contribution in [0.2, 0.25) is 0 Å². The fourth-order valence-corrected chi connectivity index (χ4v) is 3.52. The molecular weight excluding hydrogens is 396 g/mol. The van der Waals surface area contributed by atoms with E-state index in [0.29, 0.717) is 29.8 Å². The molecule has 7 nitrogen and oxygen atoms in total. The van der Waals surface area contributed by atoms with Crippen molar-refractivity contribution in [3.63, 3.8) is 0 Å². The monoisotopic (exact) mass is 424 g/mol. The Labute approximate surface area is 182 Å². The molecule has 31 heavy (non-hydrogen) atoms. The molecule has 0 unspecified atom stereocenters. The highest BCUT2D eigenvalue weighted by atomic mass is 16.6. The summed E-state index contributed by atoms with van der Waals surface area (Å²) in [4.78, 5) is 38.9. The third kappa shape index (κ3) is 5.05. The van der Waals surface area contributed by atoms with Gasteiger partial charge in [0.05, 0.1) is 30.0 Å². The van der Waals surface area contributed by atoms with Crippen LogP contribution in [-0.2, 0) is 15.9 Å². The maximum absolute atomic E-state index is 13.1. The standard InChI is InChI=1S/C24H28N2O5/c1-15(16-9-11-18(12-10-16)22(28)30-5)25-21(27)19-8-6-7-17-13-14-26(20(17)19)23(29)31-24(2,3)4/h6-12,15H,13-14H2,1-5H3,(H,25,27)/t15-/m0/s1. The van der Waals surface area contributed by atoms with Crippen molar-refractivity contribution >= 4 is 23.7 Å². The number of amides is 2. The Bertz CT molecular complexity index is 992. The number of hydrogen-bond acceptors (Lipinski definition) is 5. The van der Waals surface area contributed by atoms with Crippen molar-refractivity contribution < 1.29 is 23.9 Å². The molecule has 0 bridgehead atoms. The number of carbonyl (C=O) groups is 3. The van der Waals surface area contributed by atoms with Crippen LogP contribution in [0.15, 0.2) is 42.5 Å². The zero-order chi connectivity index (χ0) is 22.8. The summed E-state index contributed by atoms with van der Waals surface area (Å²) < 4.78 is 10.2. The van der Waals surface area contributed by atoms with Gasteiger partial charge in [-0.3, -0.25) is 9.69 Å². The van der Waals surface area contributed by atoms with Gasteiger partial charge in [0.2, 0.25) is 0 Å². The average molecular weight is 424 g/mol. The lowest BCUT2D eigenvalue weighted by Crippen LogP contribution is -2.37. The average Bonchev–Trinajstić information content (AvgIpc) is 3.16. The molecule has 1 aliphatic rings. The number of anilines is 1. The lowest BCUT2D eigenvalue weighted by molar-refractivity contribution is 0.0579. The minimum absolute atomic E-state index is 0.281. The summed E-state index contributed by atoms with van der Waals surface area (Å²) in [7, 11) is 1.33. The second kappa shape index (κ2) is 8.79. The van der Waals surface area contributed by atoms with Gasteiger partial charge in [-0.05, 0) is 63.4 Å². The summed E-state index contributed by atoms with van der Waals surface area (Å²) in [6.07, 6.45) is 0.207. The van der Waals surface area contributed by atoms with E-state index in [4.69, 9.17) is 9.47 Å². The molecule has 7 heteroatoms. The molecule has 2 aromatic carbocycles. The minimum Gasteiger partial charge on any atom is -0.465 e. The second-order valence-corrected chi connectivity index (χ2v) is 8.50. The molecule has 0 spiro atoms. The second-order valence-electron chi connectivity index (χ2n) is 8.50. The Hall–Kier alpha value is -3.35. The zero-order valence-electron chi connectivity index (χ0n) is 18.5. The Morgan fingerprint density at radius 1 is 1.06 bits per heavy atom. The molecule has 0 aliphatic carbocycles. The number of esters is 1. The molecule has 1 heterocycles. The fourth-order valence-electron chi connectivity index (χ4n) is 3.52. The first-order valence-electron chi connectivity index (χ1n) is 10.2. The van der Waals surface area contributed by atoms with Crippen molar-refractivity contribution in [3.8, 4) is 0 Å². The van der Waals surface area contributed by atoms with Gasteiger partial charge in [0.25, 0.3) is 5.91 Å². The van der Waals surface area contributed by atoms with E-state index in [0.717, 1.165) is 11.1 Å². The Balaban J connectivity index is 1.79. The molecule has 0 radical (unpaired) electrons. The number of ether oxygens (including phenoxy) is 2. The number of nitrogens with zero attached hydrogens (tertiary/aromatic N) is 1. The Morgan fingerprint density at radius 3 is 2.35 bits per heavy atom. The smallest absolute Gasteiger partial charge is 0.414 e. The summed E-state index contributed by atoms with van der Waals surface area (Å²) in [6, 6.07) is 12.0. The van der Waals surface area contributed by atoms with Crippen molar-refractivity contribution in [2.24, 2.45) is 0 Å². The lowest BCUT2D eigenvalue weighted by atomic mass is 10.0. The SMILES string of the molecule is COC(=O)c1ccc([C@H](C)NC(=O)c2cccc3c2N(C(=O)OC(C)(C)C)CC3)cc1. The maximum Gasteiger partial charge on any atom is 0.414 e. The van der Waals surface area contributed by atoms with Gasteiger partial charge >= 0.3 is 12.1 Å². The van der Waals surface area contributed by atoms with Crippen LogP contribution in [0.25, 0.3) is 0 Å². The number of para-hydroxylation sites is 1. The Kier molecular flexibility index (Phi) is 6.34. The van der Waals surface area contributed by atoms with Gasteiger partial charge in [0.15, 0.2) is 0 Å². The van der Waals surface area contributed by atoms with Gasteiger partial charge in [-0.15, -0.1) is 0 Å². The molecule has 2 amide bonds. The number of methoxy groups -OCH3 is 1. The lowest BCUT2D eigenvalue weighted by Gasteiger charge is -2.26. The molecule has 2 aromatic rings. The molecule has 0 fully saturated rings. The van der Waals surface area contributed by atoms with Gasteiger partial charge in [-0.2, -0.15) is 0 Å². The summed E-state index contributed by atoms with van der Waals surface area (Å²) in [5.74, 6) is -0.692. The normalized spacial score (nSPS) is 13.9. The van der Waals surface area contributed by atoms with Crippen LogP contribution in [-0.4, -0.2) is 37.2 Å². The van der Waals surface area contributed by atoms with Crippen LogP contribution >= 0.6 is 0 Å². The van der Waals surface area contributed by atoms with E-state index in [1.807, 2.05) is 39.8 Å². The van der Waals surface area contributed by atoms with Crippen LogP contribution < -0.4 is 10.2 Å². The van der Waals surface area contributed by atoms with E-state index in [-0.39, 0.29) is 11.9 Å². The van der Waals surface area contributed by atoms with E-state index in [2.05, 4.69) is 5.32 Å². The maximum atomic E-state index is 13.1. The highest BCUT2D eigenvalue weighted by Gasteiger charge is 2.32. The third-order valence-corrected chi connectivity index (χ3v) is 5.03. The highest BCUT2D eigenvalue weighted by Crippen LogP contribution is 2.33. The third-order valence-electron chi connectivity index (χ3n) is 5.03. The van der Waals surface area contributed by atoms with Crippen molar-refractivity contribution in [2.45, 2.75) is 45.8 Å². The summed E-state index contributed by atoms with van der Waals surface area (Å²) in [5, 5.41) is 2.98. The Morgan fingerprint density at radius 2 is 1.74 bits per heavy atom. The van der Waals surface area contributed by atoms with E-state index < -0.39 is 17.7 Å². The van der Waals surface area contributed by atoms with Crippen LogP contribution in [0, 0.1) is 0 Å². The number of nitrogens with one attached hydrogen (secondary N) is 1. The van der Waals surface area contributed by atoms with E-state index in [9.17, 15) is 14.4 Å². The van der Waals surface area contributed by atoms with Gasteiger partial charge in [0.1, 0.15) is 5.60 Å². The largest absolute Gasteiger partial charge is 0.465 e. The molecule has 0 aromatic heterocycles. The fraction of sp³-hybridized carbons (Fsp3) is 0.375. The molecule has 164 valence electrons. The van der Waals surface area contributed by atoms with Crippen molar-refractivity contribution in [1.82, 2.24) is 5.32 Å². The first-order valence-corrected chi connectivity index (χ1v) is 10.2. The minimum atomic E-state index is -0.623. The molecule has 1 aliphatic heterocycles. The number of fused-ring (bicyclic) bond motifs is 1. The highest BCUT2D eigenvalue weighted by molar-refractivity contribution is 6.05. The van der Waals surface area contributed by atoms with Crippen LogP contribution in [0.1, 0.15) is 65.6 Å². The van der Waals surface area contributed by atoms with E-state index in [1.54, 1.807) is 30.3 Å². The van der Waals surface area contributed by atoms with Crippen LogP contribution in [0.4, 0.5) is 10.5 Å². The predicted octanol–water partition coefficient (Wildman–Crippen LogP) is 4.26. The first-order chi connectivity index (χ1) is 14.6. The molecule has 1 N–H and O–H groups in total. The first kappa shape index (κ1) is 22.3. The predicted molar refractivity (Wildman–Crippen MR) is 117 cm³/mol. The van der Waals surface area contributed by atoms with Crippen LogP contribution in [0.3, 0.4) is 0 Å². The van der Waals surface area contributed by atoms with Gasteiger partial charge in [-0.1, -0.05) is 24.3 Å². The summed E-state index contributed by atoms with van der Waals surface area (Å²) in [5.41, 5.74) is 2.63. The molecule has 3 rings (SSSR count). The number of carbonyl (C=O) groups excluding carboxylic acids is 3. The van der Waals surface area contributed by atoms with Crippen molar-refractivity contribution in [3.05, 3.63) is 64.7 Å². The molecule has 1 atom stereocenters. The summed E-state index contributed by atoms with van der Waals surface area (Å²) >= 11 is 0. The van der Waals surface area contributed by atoms with Gasteiger partial charge in [0, 0.05) is 6.54 Å². The van der Waals surface area contributed by atoms with Crippen molar-refractivity contribution in [2.75, 3.05) is 18.6 Å². The van der Waals surface area contributed by atoms with Gasteiger partial charge < -0.3 is 14.8 Å². The number of rotatable bonds is 4. The molecular formula is C24H28N2O5. The van der Waals surface area contributed by atoms with E-state index in [1.165, 1.54) is 12.0 Å². The molecule has 0 saturated carbocycles. The number of benzene rings is 2. The van der Waals surface area contributed by atoms with Crippen LogP contribution in [0.5, 0.6) is 0 Å². The quantitative estimate of drug-likeness (QED) is 0.741. The number of hydrogen-bond donors (Lipinski definition) is 1. The van der Waals surface area contributed by atoms with E-state index >= 15 is 0 Å². The van der Waals surface area contributed by atoms with Gasteiger partial charge in [-0.25, -0.2) is 9.59 Å². The summed E-state index contributed by atoms with van der Waals surface area (Å²) in [6.45, 7) is 7.77. The topological polar surface area (TPSA) is 84.9 Å². The molecule has 0 saturated heterocycles. The zero-order valence-corrected chi connectivity index (χ0v) is 18.5.